The Hall–Kier alpha value is -6.53. The number of carbonyl (C=O) groups excluding carboxylic acids is 1. The average Bonchev–Trinajstić information content (AvgIpc) is 3.49. The molecule has 2 aliphatic rings. The summed E-state index contributed by atoms with van der Waals surface area (Å²) in [6, 6.07) is 29.2. The Kier molecular flexibility index (Phi) is 7.74. The van der Waals surface area contributed by atoms with Gasteiger partial charge in [-0.2, -0.15) is 5.26 Å². The summed E-state index contributed by atoms with van der Waals surface area (Å²) in [4.78, 5) is 27.1. The third-order valence-corrected chi connectivity index (χ3v) is 7.78. The van der Waals surface area contributed by atoms with Gasteiger partial charge in [0.2, 0.25) is 5.95 Å². The minimum Gasteiger partial charge on any atom is -0.324 e. The van der Waals surface area contributed by atoms with Crippen LogP contribution in [-0.2, 0) is 0 Å². The fourth-order valence-corrected chi connectivity index (χ4v) is 5.53. The Balaban J connectivity index is 1.16. The van der Waals surface area contributed by atoms with Crippen molar-refractivity contribution in [1.29, 1.82) is 5.26 Å². The molecule has 1 atom stereocenters. The number of hydrogen-bond donors (Lipinski definition) is 2. The lowest BCUT2D eigenvalue weighted by atomic mass is 9.93. The highest BCUT2D eigenvalue weighted by molar-refractivity contribution is 6.34. The smallest absolute Gasteiger partial charge is 0.261 e. The van der Waals surface area contributed by atoms with Gasteiger partial charge in [0, 0.05) is 28.7 Å². The molecule has 1 aliphatic heterocycles. The summed E-state index contributed by atoms with van der Waals surface area (Å²) in [6.07, 6.45) is 9.55. The van der Waals surface area contributed by atoms with Crippen LogP contribution in [0.2, 0.25) is 0 Å². The van der Waals surface area contributed by atoms with Gasteiger partial charge in [-0.15, -0.1) is 0 Å². The molecule has 7 rings (SSSR count). The predicted octanol–water partition coefficient (Wildman–Crippen LogP) is 8.04. The van der Waals surface area contributed by atoms with E-state index in [2.05, 4.69) is 21.7 Å². The summed E-state index contributed by atoms with van der Waals surface area (Å²) in [7, 11) is 0. The minimum absolute atomic E-state index is 0.225. The summed E-state index contributed by atoms with van der Waals surface area (Å²) >= 11 is 0. The molecule has 0 radical (unpaired) electrons. The quantitative estimate of drug-likeness (QED) is 0.192. The van der Waals surface area contributed by atoms with Crippen molar-refractivity contribution in [1.82, 2.24) is 9.97 Å². The van der Waals surface area contributed by atoms with Gasteiger partial charge >= 0.3 is 0 Å². The highest BCUT2D eigenvalue weighted by atomic mass is 19.1. The van der Waals surface area contributed by atoms with Crippen LogP contribution < -0.4 is 10.6 Å². The van der Waals surface area contributed by atoms with Crippen molar-refractivity contribution in [3.8, 4) is 17.2 Å². The molecular weight excluding hydrogens is 594 g/mol. The second-order valence-electron chi connectivity index (χ2n) is 10.8. The van der Waals surface area contributed by atoms with Crippen molar-refractivity contribution in [3.05, 3.63) is 167 Å². The number of hydrogen-bond acceptors (Lipinski definition) is 6. The van der Waals surface area contributed by atoms with Crippen LogP contribution in [0.25, 0.3) is 16.7 Å². The molecule has 1 amide bonds. The van der Waals surface area contributed by atoms with E-state index >= 15 is 0 Å². The van der Waals surface area contributed by atoms with E-state index in [1.807, 2.05) is 72.8 Å². The van der Waals surface area contributed by atoms with Gasteiger partial charge in [0.15, 0.2) is 0 Å². The van der Waals surface area contributed by atoms with Crippen LogP contribution in [0, 0.1) is 23.0 Å². The van der Waals surface area contributed by atoms with Crippen LogP contribution in [0.4, 0.5) is 26.1 Å². The Bertz CT molecular complexity index is 2180. The zero-order valence-electron chi connectivity index (χ0n) is 24.7. The molecular formula is C38H24F2N6O. The van der Waals surface area contributed by atoms with E-state index in [1.165, 1.54) is 6.07 Å². The lowest BCUT2D eigenvalue weighted by Crippen LogP contribution is -2.16. The molecule has 0 saturated carbocycles. The van der Waals surface area contributed by atoms with E-state index in [0.717, 1.165) is 40.1 Å². The van der Waals surface area contributed by atoms with Gasteiger partial charge in [-0.05, 0) is 71.3 Å². The first-order valence-electron chi connectivity index (χ1n) is 14.7. The SMILES string of the molecule is N#Cc1ccc(-c2ccc(Nc3nccc(C4=C5C=CC=CC5N=C4c4cccc(NC(=O)c5c(F)cccc5F)c4)n3)cc2)cc1. The van der Waals surface area contributed by atoms with Crippen LogP contribution in [-0.4, -0.2) is 27.6 Å². The van der Waals surface area contributed by atoms with Gasteiger partial charge in [-0.3, -0.25) is 9.79 Å². The molecule has 1 unspecified atom stereocenters. The van der Waals surface area contributed by atoms with E-state index in [9.17, 15) is 13.6 Å². The lowest BCUT2D eigenvalue weighted by Gasteiger charge is -2.13. The van der Waals surface area contributed by atoms with E-state index in [1.54, 1.807) is 36.5 Å². The average molecular weight is 619 g/mol. The maximum absolute atomic E-state index is 14.3. The van der Waals surface area contributed by atoms with Gasteiger partial charge in [-0.1, -0.05) is 66.8 Å². The van der Waals surface area contributed by atoms with Crippen LogP contribution in [0.3, 0.4) is 0 Å². The Morgan fingerprint density at radius 1 is 0.809 bits per heavy atom. The Labute approximate surface area is 269 Å². The molecule has 2 N–H and O–H groups in total. The van der Waals surface area contributed by atoms with Gasteiger partial charge < -0.3 is 10.6 Å². The Morgan fingerprint density at radius 3 is 2.28 bits per heavy atom. The molecule has 1 aliphatic carbocycles. The Morgan fingerprint density at radius 2 is 1.53 bits per heavy atom. The summed E-state index contributed by atoms with van der Waals surface area (Å²) in [5.41, 5.74) is 6.90. The molecule has 47 heavy (non-hydrogen) atoms. The third kappa shape index (κ3) is 5.95. The van der Waals surface area contributed by atoms with Crippen molar-refractivity contribution in [2.45, 2.75) is 6.04 Å². The number of fused-ring (bicyclic) bond motifs is 1. The molecule has 0 spiro atoms. The maximum atomic E-state index is 14.3. The number of nitrogens with zero attached hydrogens (tertiary/aromatic N) is 4. The molecule has 4 aromatic carbocycles. The van der Waals surface area contributed by atoms with Gasteiger partial charge in [-0.25, -0.2) is 18.7 Å². The molecule has 9 heteroatoms. The van der Waals surface area contributed by atoms with Crippen molar-refractivity contribution in [3.63, 3.8) is 0 Å². The maximum Gasteiger partial charge on any atom is 0.261 e. The number of anilines is 3. The van der Waals surface area contributed by atoms with Crippen LogP contribution >= 0.6 is 0 Å². The second kappa shape index (κ2) is 12.5. The zero-order valence-corrected chi connectivity index (χ0v) is 24.7. The molecule has 7 nitrogen and oxygen atoms in total. The highest BCUT2D eigenvalue weighted by Gasteiger charge is 2.29. The molecule has 0 fully saturated rings. The number of nitrogens with one attached hydrogen (secondary N) is 2. The fourth-order valence-electron chi connectivity index (χ4n) is 5.53. The van der Waals surface area contributed by atoms with E-state index in [4.69, 9.17) is 15.2 Å². The number of amides is 1. The largest absolute Gasteiger partial charge is 0.324 e. The fraction of sp³-hybridized carbons (Fsp3) is 0.0263. The molecule has 1 aromatic heterocycles. The van der Waals surface area contributed by atoms with Gasteiger partial charge in [0.05, 0.1) is 29.1 Å². The third-order valence-electron chi connectivity index (χ3n) is 7.78. The number of allylic oxidation sites excluding steroid dienone is 3. The van der Waals surface area contributed by atoms with E-state index in [0.29, 0.717) is 34.2 Å². The molecule has 0 saturated heterocycles. The van der Waals surface area contributed by atoms with Crippen molar-refractivity contribution < 1.29 is 13.6 Å². The highest BCUT2D eigenvalue weighted by Crippen LogP contribution is 2.36. The van der Waals surface area contributed by atoms with E-state index in [-0.39, 0.29) is 6.04 Å². The standard InChI is InChI=1S/C38H24F2N6O/c39-30-8-4-9-31(40)35(30)37(47)43-28-6-3-5-26(21-28)36-34(29-7-1-2-10-32(29)45-36)33-19-20-42-38(46-33)44-27-17-15-25(16-18-27)24-13-11-23(22-41)12-14-24/h1-21,32H,(H,43,47)(H,42,44,46). The monoisotopic (exact) mass is 618 g/mol. The number of rotatable bonds is 7. The first kappa shape index (κ1) is 29.2. The molecule has 5 aromatic rings. The lowest BCUT2D eigenvalue weighted by molar-refractivity contribution is 0.101. The van der Waals surface area contributed by atoms with Crippen LogP contribution in [0.15, 0.2) is 138 Å². The normalized spacial score (nSPS) is 14.7. The molecule has 2 heterocycles. The van der Waals surface area contributed by atoms with Gasteiger partial charge in [0.1, 0.15) is 17.2 Å². The number of nitriles is 1. The van der Waals surface area contributed by atoms with Gasteiger partial charge in [0.25, 0.3) is 5.91 Å². The number of halogens is 2. The minimum atomic E-state index is -0.941. The second-order valence-corrected chi connectivity index (χ2v) is 10.8. The summed E-state index contributed by atoms with van der Waals surface area (Å²) in [5, 5.41) is 15.0. The number of aliphatic imine (C=N–C) groups is 1. The van der Waals surface area contributed by atoms with Crippen molar-refractivity contribution >= 4 is 34.5 Å². The van der Waals surface area contributed by atoms with Crippen molar-refractivity contribution in [2.75, 3.05) is 10.6 Å². The van der Waals surface area contributed by atoms with Crippen molar-refractivity contribution in [2.24, 2.45) is 4.99 Å². The summed E-state index contributed by atoms with van der Waals surface area (Å²) in [6.45, 7) is 0. The summed E-state index contributed by atoms with van der Waals surface area (Å²) in [5.74, 6) is -2.37. The van der Waals surface area contributed by atoms with E-state index < -0.39 is 23.1 Å². The molecule has 226 valence electrons. The summed E-state index contributed by atoms with van der Waals surface area (Å²) < 4.78 is 28.5. The number of carbonyl (C=O) groups is 1. The van der Waals surface area contributed by atoms with Crippen LogP contribution in [0.1, 0.15) is 27.2 Å². The molecule has 0 bridgehead atoms. The zero-order chi connectivity index (χ0) is 32.3. The number of aromatic nitrogens is 2. The first-order chi connectivity index (χ1) is 23.0. The topological polar surface area (TPSA) is 103 Å². The first-order valence-corrected chi connectivity index (χ1v) is 14.7. The van der Waals surface area contributed by atoms with Crippen LogP contribution in [0.5, 0.6) is 0 Å². The number of benzene rings is 4. The predicted molar refractivity (Wildman–Crippen MR) is 178 cm³/mol.